The van der Waals surface area contributed by atoms with Crippen LogP contribution in [0, 0.1) is 0 Å². The molecule has 0 aromatic carbocycles. The van der Waals surface area contributed by atoms with Crippen molar-refractivity contribution in [2.45, 2.75) is 542 Å². The van der Waals surface area contributed by atoms with Crippen molar-refractivity contribution < 1.29 is 89.4 Å². The first-order chi connectivity index (χ1) is 54.3. The number of aliphatic hydroxyl groups excluding tert-OH is 11. The number of carbonyl (C=O) groups is 1. The summed E-state index contributed by atoms with van der Waals surface area (Å²) in [4.78, 5) is 13.6. The van der Waals surface area contributed by atoms with E-state index in [0.717, 1.165) is 44.9 Å². The van der Waals surface area contributed by atoms with Gasteiger partial charge < -0.3 is 89.9 Å². The fourth-order valence-electron chi connectivity index (χ4n) is 16.6. The SMILES string of the molecule is CCCCCCCCCC/C=C\CCCCCCCCCCCCCCCCCCCCCCCC(=O)NC(COC1OC(CO)C(OC2OC(CO)C(OC3OC(CO)C(O)C(O)C3O)C(O)C2O)C(O)C1O)C(O)CCCCCCCCCCCCCCCCCCCCCCCCCCCCCCCCCCC. The maximum Gasteiger partial charge on any atom is 0.220 e. The van der Waals surface area contributed by atoms with Crippen LogP contribution >= 0.6 is 0 Å². The van der Waals surface area contributed by atoms with Crippen molar-refractivity contribution >= 4 is 5.91 Å². The Bertz CT molecular complexity index is 2040. The number of allylic oxidation sites excluding steroid dienone is 2. The number of rotatable bonds is 79. The zero-order chi connectivity index (χ0) is 80.3. The van der Waals surface area contributed by atoms with Crippen LogP contribution in [-0.2, 0) is 33.2 Å². The molecule has 658 valence electrons. The number of ether oxygens (including phenoxy) is 6. The molecule has 0 aromatic rings. The van der Waals surface area contributed by atoms with Gasteiger partial charge in [-0.25, -0.2) is 0 Å². The highest BCUT2D eigenvalue weighted by Crippen LogP contribution is 2.34. The van der Waals surface area contributed by atoms with Crippen LogP contribution in [0.3, 0.4) is 0 Å². The smallest absolute Gasteiger partial charge is 0.220 e. The first-order valence-electron chi connectivity index (χ1n) is 47.4. The largest absolute Gasteiger partial charge is 0.394 e. The highest BCUT2D eigenvalue weighted by molar-refractivity contribution is 5.76. The summed E-state index contributed by atoms with van der Waals surface area (Å²) in [5.74, 6) is -0.231. The Morgan fingerprint density at radius 2 is 0.568 bits per heavy atom. The van der Waals surface area contributed by atoms with Crippen LogP contribution in [0.2, 0.25) is 0 Å². The molecule has 19 heteroatoms. The number of unbranched alkanes of at least 4 members (excludes halogenated alkanes) is 61. The van der Waals surface area contributed by atoms with Crippen molar-refractivity contribution in [1.29, 1.82) is 0 Å². The van der Waals surface area contributed by atoms with E-state index in [1.54, 1.807) is 0 Å². The van der Waals surface area contributed by atoms with E-state index in [0.29, 0.717) is 12.8 Å². The normalized spacial score (nSPS) is 25.0. The topological polar surface area (TPSA) is 307 Å². The van der Waals surface area contributed by atoms with Gasteiger partial charge in [-0.3, -0.25) is 4.79 Å². The van der Waals surface area contributed by atoms with E-state index in [1.807, 2.05) is 0 Å². The molecule has 0 saturated carbocycles. The fourth-order valence-corrected chi connectivity index (χ4v) is 16.6. The number of hydrogen-bond acceptors (Lipinski definition) is 18. The molecule has 3 saturated heterocycles. The molecule has 0 aromatic heterocycles. The van der Waals surface area contributed by atoms with E-state index >= 15 is 0 Å². The number of hydrogen-bond donors (Lipinski definition) is 12. The Kier molecular flexibility index (Phi) is 67.8. The average molecular weight is 1590 g/mol. The van der Waals surface area contributed by atoms with Gasteiger partial charge in [0, 0.05) is 6.42 Å². The molecule has 3 aliphatic heterocycles. The molecule has 3 rings (SSSR count). The molecule has 19 nitrogen and oxygen atoms in total. The highest BCUT2D eigenvalue weighted by atomic mass is 16.8. The Morgan fingerprint density at radius 1 is 0.315 bits per heavy atom. The maximum absolute atomic E-state index is 13.6. The summed E-state index contributed by atoms with van der Waals surface area (Å²) >= 11 is 0. The third kappa shape index (κ3) is 50.9. The predicted octanol–water partition coefficient (Wildman–Crippen LogP) is 18.6. The minimum atomic E-state index is -1.97. The van der Waals surface area contributed by atoms with Crippen molar-refractivity contribution in [3.05, 3.63) is 12.2 Å². The maximum atomic E-state index is 13.6. The van der Waals surface area contributed by atoms with Gasteiger partial charge in [0.05, 0.1) is 38.6 Å². The molecule has 3 fully saturated rings. The Balaban J connectivity index is 1.30. The molecule has 12 N–H and O–H groups in total. The number of amides is 1. The lowest BCUT2D eigenvalue weighted by Crippen LogP contribution is -2.66. The van der Waals surface area contributed by atoms with Crippen molar-refractivity contribution in [1.82, 2.24) is 5.32 Å². The number of nitrogens with one attached hydrogen (secondary N) is 1. The van der Waals surface area contributed by atoms with Gasteiger partial charge in [0.15, 0.2) is 18.9 Å². The van der Waals surface area contributed by atoms with Crippen LogP contribution < -0.4 is 5.32 Å². The van der Waals surface area contributed by atoms with Crippen molar-refractivity contribution in [3.63, 3.8) is 0 Å². The molecule has 1 amide bonds. The van der Waals surface area contributed by atoms with Gasteiger partial charge >= 0.3 is 0 Å². The van der Waals surface area contributed by atoms with E-state index < -0.39 is 124 Å². The van der Waals surface area contributed by atoms with Gasteiger partial charge in [0.1, 0.15) is 73.2 Å². The second-order valence-electron chi connectivity index (χ2n) is 34.2. The van der Waals surface area contributed by atoms with Crippen LogP contribution in [0.15, 0.2) is 12.2 Å². The Morgan fingerprint density at radius 3 is 0.874 bits per heavy atom. The van der Waals surface area contributed by atoms with E-state index in [9.17, 15) is 61.0 Å². The van der Waals surface area contributed by atoms with Gasteiger partial charge in [-0.1, -0.05) is 405 Å². The minimum absolute atomic E-state index is 0.231. The monoisotopic (exact) mass is 1580 g/mol. The summed E-state index contributed by atoms with van der Waals surface area (Å²) in [6, 6.07) is -0.886. The zero-order valence-electron chi connectivity index (χ0n) is 71.2. The molecular formula is C92H177NO18. The lowest BCUT2D eigenvalue weighted by atomic mass is 9.96. The quantitative estimate of drug-likeness (QED) is 0.0199. The Labute approximate surface area is 677 Å². The van der Waals surface area contributed by atoms with E-state index in [-0.39, 0.29) is 18.9 Å². The first-order valence-corrected chi connectivity index (χ1v) is 47.4. The molecule has 17 atom stereocenters. The van der Waals surface area contributed by atoms with Crippen molar-refractivity contribution in [2.75, 3.05) is 26.4 Å². The third-order valence-electron chi connectivity index (χ3n) is 24.1. The van der Waals surface area contributed by atoms with Gasteiger partial charge in [-0.15, -0.1) is 0 Å². The van der Waals surface area contributed by atoms with Crippen molar-refractivity contribution in [3.8, 4) is 0 Å². The second-order valence-corrected chi connectivity index (χ2v) is 34.2. The number of carbonyl (C=O) groups excluding carboxylic acids is 1. The fraction of sp³-hybridized carbons (Fsp3) is 0.967. The van der Waals surface area contributed by atoms with Crippen LogP contribution in [0.25, 0.3) is 0 Å². The van der Waals surface area contributed by atoms with Crippen LogP contribution in [0.5, 0.6) is 0 Å². The minimum Gasteiger partial charge on any atom is -0.394 e. The summed E-state index contributed by atoms with van der Waals surface area (Å²) < 4.78 is 34.6. The second kappa shape index (κ2) is 72.5. The Hall–Kier alpha value is -1.47. The molecule has 0 bridgehead atoms. The standard InChI is InChI=1S/C92H177NO18/c1-3-5-7-9-11-13-15-17-19-21-23-25-27-29-31-33-35-37-39-41-43-45-47-49-51-53-55-57-59-61-63-65-67-69-76(97)75(74-106-90-86(104)83(101)88(78(72-95)108-90)111-92-87(105)84(102)89(79(73-96)109-92)110-91-85(103)82(100)81(99)77(71-94)107-91)93-80(98)70-68-66-64-62-60-58-56-54-52-50-48-46-44-42-40-38-36-34-32-30-28-26-24-22-20-18-16-14-12-10-8-6-4-2/h22,24,75-79,81-92,94-97,99-105H,3-21,23,25-74H2,1-2H3,(H,93,98)/b24-22-. The summed E-state index contributed by atoms with van der Waals surface area (Å²) in [6.07, 6.45) is 63.4. The van der Waals surface area contributed by atoms with Crippen LogP contribution in [0.1, 0.15) is 438 Å². The van der Waals surface area contributed by atoms with Crippen LogP contribution in [-0.4, -0.2) is 193 Å². The molecule has 0 aliphatic carbocycles. The van der Waals surface area contributed by atoms with Gasteiger partial charge in [-0.2, -0.15) is 0 Å². The van der Waals surface area contributed by atoms with E-state index in [4.69, 9.17) is 28.4 Å². The summed E-state index contributed by atoms with van der Waals surface area (Å²) in [6.45, 7) is 1.89. The summed E-state index contributed by atoms with van der Waals surface area (Å²) in [5.41, 5.74) is 0. The molecule has 111 heavy (non-hydrogen) atoms. The summed E-state index contributed by atoms with van der Waals surface area (Å²) in [5, 5.41) is 121. The van der Waals surface area contributed by atoms with E-state index in [2.05, 4.69) is 31.3 Å². The van der Waals surface area contributed by atoms with Gasteiger partial charge in [0.2, 0.25) is 5.91 Å². The lowest BCUT2D eigenvalue weighted by molar-refractivity contribution is -0.379. The summed E-state index contributed by atoms with van der Waals surface area (Å²) in [7, 11) is 0. The zero-order valence-corrected chi connectivity index (χ0v) is 71.2. The van der Waals surface area contributed by atoms with Crippen LogP contribution in [0.4, 0.5) is 0 Å². The lowest BCUT2D eigenvalue weighted by Gasteiger charge is -2.48. The first kappa shape index (κ1) is 104. The van der Waals surface area contributed by atoms with Gasteiger partial charge in [-0.05, 0) is 38.5 Å². The molecular weight excluding hydrogens is 1410 g/mol. The average Bonchev–Trinajstić information content (AvgIpc) is 0.780. The third-order valence-corrected chi connectivity index (χ3v) is 24.1. The number of aliphatic hydroxyl groups is 11. The van der Waals surface area contributed by atoms with Crippen molar-refractivity contribution in [2.24, 2.45) is 0 Å². The molecule has 3 aliphatic rings. The predicted molar refractivity (Wildman–Crippen MR) is 448 cm³/mol. The molecule has 0 spiro atoms. The van der Waals surface area contributed by atoms with E-state index in [1.165, 1.54) is 360 Å². The highest BCUT2D eigenvalue weighted by Gasteiger charge is 2.54. The molecule has 3 heterocycles. The molecule has 17 unspecified atom stereocenters. The van der Waals surface area contributed by atoms with Gasteiger partial charge in [0.25, 0.3) is 0 Å². The molecule has 0 radical (unpaired) electrons.